The minimum atomic E-state index is -2.75. The maximum absolute atomic E-state index is 12.9. The SMILES string of the molecule is O=c1cc(CNc2nc(C(F)F)nc3ccccc23)cc[nH]1. The van der Waals surface area contributed by atoms with Crippen molar-refractivity contribution in [3.8, 4) is 0 Å². The summed E-state index contributed by atoms with van der Waals surface area (Å²) in [7, 11) is 0. The number of anilines is 1. The molecule has 2 heterocycles. The van der Waals surface area contributed by atoms with Gasteiger partial charge in [-0.05, 0) is 23.8 Å². The zero-order valence-corrected chi connectivity index (χ0v) is 11.4. The number of aromatic amines is 1. The van der Waals surface area contributed by atoms with Gasteiger partial charge in [-0.2, -0.15) is 0 Å². The number of halogens is 2. The molecule has 0 radical (unpaired) electrons. The molecule has 7 heteroatoms. The fraction of sp³-hybridized carbons (Fsp3) is 0.133. The lowest BCUT2D eigenvalue weighted by Crippen LogP contribution is -2.09. The Balaban J connectivity index is 1.96. The monoisotopic (exact) mass is 302 g/mol. The molecular formula is C15H12F2N4O. The molecule has 1 aromatic carbocycles. The third kappa shape index (κ3) is 2.93. The van der Waals surface area contributed by atoms with Crippen LogP contribution < -0.4 is 10.9 Å². The zero-order valence-electron chi connectivity index (χ0n) is 11.4. The third-order valence-electron chi connectivity index (χ3n) is 3.12. The van der Waals surface area contributed by atoms with E-state index in [1.807, 2.05) is 0 Å². The second-order valence-corrected chi connectivity index (χ2v) is 4.66. The highest BCUT2D eigenvalue weighted by atomic mass is 19.3. The molecule has 0 amide bonds. The van der Waals surface area contributed by atoms with Crippen molar-refractivity contribution >= 4 is 16.7 Å². The highest BCUT2D eigenvalue weighted by Gasteiger charge is 2.14. The number of aromatic nitrogens is 3. The van der Waals surface area contributed by atoms with Crippen molar-refractivity contribution < 1.29 is 8.78 Å². The standard InChI is InChI=1S/C15H12F2N4O/c16-13(17)15-20-11-4-2-1-3-10(11)14(21-15)19-8-9-5-6-18-12(22)7-9/h1-7,13H,8H2,(H,18,22)(H,19,20,21). The van der Waals surface area contributed by atoms with Crippen molar-refractivity contribution in [1.29, 1.82) is 0 Å². The zero-order chi connectivity index (χ0) is 15.5. The average molecular weight is 302 g/mol. The molecule has 5 nitrogen and oxygen atoms in total. The molecule has 0 aliphatic heterocycles. The van der Waals surface area contributed by atoms with Crippen LogP contribution >= 0.6 is 0 Å². The van der Waals surface area contributed by atoms with Gasteiger partial charge >= 0.3 is 0 Å². The van der Waals surface area contributed by atoms with E-state index in [2.05, 4.69) is 20.3 Å². The number of benzene rings is 1. The van der Waals surface area contributed by atoms with E-state index >= 15 is 0 Å². The topological polar surface area (TPSA) is 70.7 Å². The Morgan fingerprint density at radius 3 is 2.77 bits per heavy atom. The van der Waals surface area contributed by atoms with Crippen molar-refractivity contribution in [3.63, 3.8) is 0 Å². The maximum Gasteiger partial charge on any atom is 0.297 e. The number of fused-ring (bicyclic) bond motifs is 1. The fourth-order valence-electron chi connectivity index (χ4n) is 2.11. The van der Waals surface area contributed by atoms with Gasteiger partial charge in [-0.25, -0.2) is 18.7 Å². The molecule has 0 atom stereocenters. The summed E-state index contributed by atoms with van der Waals surface area (Å²) in [6.45, 7) is 0.299. The number of rotatable bonds is 4. The first kappa shape index (κ1) is 14.1. The van der Waals surface area contributed by atoms with Crippen LogP contribution in [0.3, 0.4) is 0 Å². The predicted octanol–water partition coefficient (Wildman–Crippen LogP) is 2.87. The van der Waals surface area contributed by atoms with E-state index in [0.29, 0.717) is 23.3 Å². The van der Waals surface area contributed by atoms with Gasteiger partial charge < -0.3 is 10.3 Å². The van der Waals surface area contributed by atoms with Crippen molar-refractivity contribution in [2.45, 2.75) is 13.0 Å². The summed E-state index contributed by atoms with van der Waals surface area (Å²) in [4.78, 5) is 21.5. The van der Waals surface area contributed by atoms with Gasteiger partial charge in [-0.3, -0.25) is 4.79 Å². The molecule has 3 aromatic rings. The number of nitrogens with one attached hydrogen (secondary N) is 2. The number of nitrogens with zero attached hydrogens (tertiary/aromatic N) is 2. The molecule has 112 valence electrons. The van der Waals surface area contributed by atoms with Crippen molar-refractivity contribution in [3.05, 3.63) is 64.3 Å². The predicted molar refractivity (Wildman–Crippen MR) is 78.9 cm³/mol. The van der Waals surface area contributed by atoms with Crippen LogP contribution in [0.5, 0.6) is 0 Å². The Morgan fingerprint density at radius 1 is 1.18 bits per heavy atom. The number of H-pyrrole nitrogens is 1. The van der Waals surface area contributed by atoms with E-state index in [-0.39, 0.29) is 5.56 Å². The summed E-state index contributed by atoms with van der Waals surface area (Å²) in [5.74, 6) is -0.201. The first-order chi connectivity index (χ1) is 10.6. The summed E-state index contributed by atoms with van der Waals surface area (Å²) in [5, 5.41) is 3.64. The third-order valence-corrected chi connectivity index (χ3v) is 3.12. The van der Waals surface area contributed by atoms with Gasteiger partial charge in [0.05, 0.1) is 5.52 Å². The summed E-state index contributed by atoms with van der Waals surface area (Å²) in [6, 6.07) is 10.1. The Bertz CT molecular complexity index is 863. The van der Waals surface area contributed by atoms with Gasteiger partial charge in [0, 0.05) is 24.2 Å². The molecule has 0 bridgehead atoms. The maximum atomic E-state index is 12.9. The molecule has 0 aliphatic carbocycles. The highest BCUT2D eigenvalue weighted by molar-refractivity contribution is 5.88. The van der Waals surface area contributed by atoms with E-state index in [1.54, 1.807) is 30.3 Å². The van der Waals surface area contributed by atoms with Gasteiger partial charge in [0.25, 0.3) is 6.43 Å². The van der Waals surface area contributed by atoms with Crippen LogP contribution in [-0.2, 0) is 6.54 Å². The van der Waals surface area contributed by atoms with Gasteiger partial charge in [-0.15, -0.1) is 0 Å². The Morgan fingerprint density at radius 2 is 2.00 bits per heavy atom. The largest absolute Gasteiger partial charge is 0.365 e. The minimum absolute atomic E-state index is 0.222. The van der Waals surface area contributed by atoms with E-state index in [0.717, 1.165) is 5.56 Å². The lowest BCUT2D eigenvalue weighted by Gasteiger charge is -2.10. The summed E-state index contributed by atoms with van der Waals surface area (Å²) >= 11 is 0. The van der Waals surface area contributed by atoms with Crippen molar-refractivity contribution in [2.75, 3.05) is 5.32 Å². The van der Waals surface area contributed by atoms with Crippen LogP contribution in [0.25, 0.3) is 10.9 Å². The number of pyridine rings is 1. The van der Waals surface area contributed by atoms with E-state index in [4.69, 9.17) is 0 Å². The second kappa shape index (κ2) is 5.88. The second-order valence-electron chi connectivity index (χ2n) is 4.66. The Kier molecular flexibility index (Phi) is 3.78. The molecule has 22 heavy (non-hydrogen) atoms. The normalized spacial score (nSPS) is 11.0. The van der Waals surface area contributed by atoms with E-state index < -0.39 is 12.2 Å². The molecule has 0 spiro atoms. The number of alkyl halides is 2. The van der Waals surface area contributed by atoms with Crippen molar-refractivity contribution in [1.82, 2.24) is 15.0 Å². The molecule has 0 fully saturated rings. The van der Waals surface area contributed by atoms with Gasteiger partial charge in [0.1, 0.15) is 5.82 Å². The van der Waals surface area contributed by atoms with Crippen LogP contribution in [0.2, 0.25) is 0 Å². The molecule has 3 rings (SSSR count). The molecule has 0 saturated heterocycles. The molecule has 2 aromatic heterocycles. The fourth-order valence-corrected chi connectivity index (χ4v) is 2.11. The average Bonchev–Trinajstić information content (AvgIpc) is 2.52. The number of hydrogen-bond acceptors (Lipinski definition) is 4. The van der Waals surface area contributed by atoms with Crippen LogP contribution in [-0.4, -0.2) is 15.0 Å². The van der Waals surface area contributed by atoms with Crippen LogP contribution in [0, 0.1) is 0 Å². The first-order valence-corrected chi connectivity index (χ1v) is 6.60. The Labute approximate surface area is 124 Å². The van der Waals surface area contributed by atoms with Crippen LogP contribution in [0.15, 0.2) is 47.4 Å². The molecule has 0 aliphatic rings. The summed E-state index contributed by atoms with van der Waals surface area (Å²) in [5.41, 5.74) is 0.950. The van der Waals surface area contributed by atoms with Crippen molar-refractivity contribution in [2.24, 2.45) is 0 Å². The van der Waals surface area contributed by atoms with E-state index in [9.17, 15) is 13.6 Å². The highest BCUT2D eigenvalue weighted by Crippen LogP contribution is 2.24. The molecule has 0 saturated carbocycles. The minimum Gasteiger partial charge on any atom is -0.365 e. The number of para-hydroxylation sites is 1. The van der Waals surface area contributed by atoms with Gasteiger partial charge in [-0.1, -0.05) is 12.1 Å². The van der Waals surface area contributed by atoms with Gasteiger partial charge in [0.15, 0.2) is 5.82 Å². The Hall–Kier alpha value is -2.83. The van der Waals surface area contributed by atoms with Gasteiger partial charge in [0.2, 0.25) is 5.56 Å². The lowest BCUT2D eigenvalue weighted by molar-refractivity contribution is 0.141. The van der Waals surface area contributed by atoms with E-state index in [1.165, 1.54) is 12.3 Å². The molecular weight excluding hydrogens is 290 g/mol. The lowest BCUT2D eigenvalue weighted by atomic mass is 10.2. The van der Waals surface area contributed by atoms with Crippen LogP contribution in [0.4, 0.5) is 14.6 Å². The quantitative estimate of drug-likeness (QED) is 0.777. The smallest absolute Gasteiger partial charge is 0.297 e. The molecule has 2 N–H and O–H groups in total. The summed E-state index contributed by atoms with van der Waals surface area (Å²) < 4.78 is 25.8. The number of hydrogen-bond donors (Lipinski definition) is 2. The first-order valence-electron chi connectivity index (χ1n) is 6.60. The van der Waals surface area contributed by atoms with Crippen LogP contribution in [0.1, 0.15) is 17.8 Å². The summed E-state index contributed by atoms with van der Waals surface area (Å²) in [6.07, 6.45) is -1.22. The molecule has 0 unspecified atom stereocenters.